The maximum Gasteiger partial charge on any atom is 0.209 e. The van der Waals surface area contributed by atoms with E-state index in [0.717, 1.165) is 6.29 Å². The maximum atomic E-state index is 10.9. The van der Waals surface area contributed by atoms with Crippen molar-refractivity contribution in [1.29, 1.82) is 0 Å². The number of hydrogen-bond acceptors (Lipinski definition) is 2. The molecule has 0 N–H and O–H groups in total. The van der Waals surface area contributed by atoms with Crippen LogP contribution in [0.5, 0.6) is 0 Å². The van der Waals surface area contributed by atoms with Gasteiger partial charge in [0.1, 0.15) is 13.1 Å². The maximum absolute atomic E-state index is 10.9. The number of aldehydes is 1. The number of ketones is 1. The molecule has 0 aliphatic heterocycles. The van der Waals surface area contributed by atoms with Gasteiger partial charge in [-0.3, -0.25) is 9.59 Å². The molecule has 0 aliphatic carbocycles. The standard InChI is InChI=1S/C8H14NO2/c1-4-8(11)7-9(2,3)5-6-10/h4,6H,1,5,7H2,2-3H3/q+1. The Morgan fingerprint density at radius 2 is 2.09 bits per heavy atom. The van der Waals surface area contributed by atoms with Crippen LogP contribution in [0.4, 0.5) is 0 Å². The van der Waals surface area contributed by atoms with Crippen LogP contribution >= 0.6 is 0 Å². The Morgan fingerprint density at radius 1 is 1.55 bits per heavy atom. The van der Waals surface area contributed by atoms with Crippen molar-refractivity contribution in [1.82, 2.24) is 0 Å². The molecule has 0 saturated carbocycles. The molecule has 0 saturated heterocycles. The number of quaternary nitrogens is 1. The van der Waals surface area contributed by atoms with Gasteiger partial charge in [-0.2, -0.15) is 0 Å². The predicted octanol–water partition coefficient (Wildman–Crippen LogP) is 0.0168. The highest BCUT2D eigenvalue weighted by atomic mass is 16.1. The fourth-order valence-corrected chi connectivity index (χ4v) is 0.753. The van der Waals surface area contributed by atoms with Crippen LogP contribution in [-0.4, -0.2) is 43.7 Å². The highest BCUT2D eigenvalue weighted by Crippen LogP contribution is 1.94. The number of carbonyl (C=O) groups excluding carboxylic acids is 2. The first kappa shape index (κ1) is 10.0. The molecule has 3 heteroatoms. The lowest BCUT2D eigenvalue weighted by Gasteiger charge is -2.25. The van der Waals surface area contributed by atoms with E-state index in [0.29, 0.717) is 17.6 Å². The smallest absolute Gasteiger partial charge is 0.209 e. The fraction of sp³-hybridized carbons (Fsp3) is 0.500. The van der Waals surface area contributed by atoms with Gasteiger partial charge < -0.3 is 4.48 Å². The topological polar surface area (TPSA) is 34.1 Å². The fourth-order valence-electron chi connectivity index (χ4n) is 0.753. The molecular weight excluding hydrogens is 142 g/mol. The van der Waals surface area contributed by atoms with Gasteiger partial charge in [0.2, 0.25) is 5.78 Å². The third-order valence-electron chi connectivity index (χ3n) is 1.38. The molecule has 62 valence electrons. The lowest BCUT2D eigenvalue weighted by molar-refractivity contribution is -0.873. The van der Waals surface area contributed by atoms with Crippen molar-refractivity contribution in [3.63, 3.8) is 0 Å². The van der Waals surface area contributed by atoms with Gasteiger partial charge in [-0.25, -0.2) is 0 Å². The zero-order chi connectivity index (χ0) is 8.91. The third kappa shape index (κ3) is 4.44. The highest BCUT2D eigenvalue weighted by molar-refractivity contribution is 5.90. The Balaban J connectivity index is 3.99. The summed E-state index contributed by atoms with van der Waals surface area (Å²) in [6.45, 7) is 4.05. The molecule has 0 amide bonds. The Labute approximate surface area is 66.9 Å². The summed E-state index contributed by atoms with van der Waals surface area (Å²) in [5.74, 6) is -0.0307. The molecule has 0 aliphatic rings. The molecule has 0 aromatic heterocycles. The van der Waals surface area contributed by atoms with Gasteiger partial charge in [0, 0.05) is 0 Å². The van der Waals surface area contributed by atoms with Crippen molar-refractivity contribution in [3.05, 3.63) is 12.7 Å². The van der Waals surface area contributed by atoms with E-state index in [9.17, 15) is 9.59 Å². The van der Waals surface area contributed by atoms with Crippen molar-refractivity contribution < 1.29 is 14.1 Å². The average molecular weight is 156 g/mol. The predicted molar refractivity (Wildman–Crippen MR) is 43.1 cm³/mol. The molecule has 0 fully saturated rings. The van der Waals surface area contributed by atoms with E-state index in [2.05, 4.69) is 6.58 Å². The Kier molecular flexibility index (Phi) is 3.68. The number of rotatable bonds is 5. The van der Waals surface area contributed by atoms with Crippen LogP contribution in [0.2, 0.25) is 0 Å². The molecular formula is C8H14NO2+. The SMILES string of the molecule is C=CC(=O)C[N+](C)(C)CC=O. The van der Waals surface area contributed by atoms with Gasteiger partial charge in [0.25, 0.3) is 0 Å². The van der Waals surface area contributed by atoms with E-state index in [1.807, 2.05) is 14.1 Å². The summed E-state index contributed by atoms with van der Waals surface area (Å²) in [6.07, 6.45) is 2.10. The van der Waals surface area contributed by atoms with Crippen LogP contribution in [0, 0.1) is 0 Å². The molecule has 0 aromatic rings. The number of nitrogens with zero attached hydrogens (tertiary/aromatic N) is 1. The van der Waals surface area contributed by atoms with E-state index < -0.39 is 0 Å². The summed E-state index contributed by atoms with van der Waals surface area (Å²) in [4.78, 5) is 21.0. The molecule has 0 aromatic carbocycles. The van der Waals surface area contributed by atoms with E-state index in [1.54, 1.807) is 0 Å². The monoisotopic (exact) mass is 156 g/mol. The van der Waals surface area contributed by atoms with E-state index in [4.69, 9.17) is 0 Å². The van der Waals surface area contributed by atoms with E-state index in [1.165, 1.54) is 6.08 Å². The molecule has 0 spiro atoms. The lowest BCUT2D eigenvalue weighted by atomic mass is 10.3. The summed E-state index contributed by atoms with van der Waals surface area (Å²) in [7, 11) is 3.66. The first-order chi connectivity index (χ1) is 5.02. The second-order valence-corrected chi connectivity index (χ2v) is 3.11. The molecule has 0 heterocycles. The summed E-state index contributed by atoms with van der Waals surface area (Å²) in [5, 5.41) is 0. The summed E-state index contributed by atoms with van der Waals surface area (Å²) >= 11 is 0. The highest BCUT2D eigenvalue weighted by Gasteiger charge is 2.16. The van der Waals surface area contributed by atoms with Gasteiger partial charge in [0.05, 0.1) is 14.1 Å². The Hall–Kier alpha value is -0.960. The van der Waals surface area contributed by atoms with Gasteiger partial charge >= 0.3 is 0 Å². The first-order valence-corrected chi connectivity index (χ1v) is 3.43. The van der Waals surface area contributed by atoms with Crippen LogP contribution in [0.3, 0.4) is 0 Å². The lowest BCUT2D eigenvalue weighted by Crippen LogP contribution is -2.44. The summed E-state index contributed by atoms with van der Waals surface area (Å²) in [6, 6.07) is 0. The minimum atomic E-state index is -0.0307. The van der Waals surface area contributed by atoms with Gasteiger partial charge in [-0.1, -0.05) is 6.58 Å². The van der Waals surface area contributed by atoms with Gasteiger partial charge in [-0.05, 0) is 6.08 Å². The molecule has 11 heavy (non-hydrogen) atoms. The molecule has 0 atom stereocenters. The van der Waals surface area contributed by atoms with Crippen molar-refractivity contribution in [2.75, 3.05) is 27.2 Å². The molecule has 0 bridgehead atoms. The molecule has 0 rings (SSSR count). The Bertz CT molecular complexity index is 173. The minimum absolute atomic E-state index is 0.0307. The van der Waals surface area contributed by atoms with Gasteiger partial charge in [-0.15, -0.1) is 0 Å². The van der Waals surface area contributed by atoms with Crippen LogP contribution < -0.4 is 0 Å². The first-order valence-electron chi connectivity index (χ1n) is 3.43. The van der Waals surface area contributed by atoms with Gasteiger partial charge in [0.15, 0.2) is 6.29 Å². The van der Waals surface area contributed by atoms with Crippen molar-refractivity contribution >= 4 is 12.1 Å². The second-order valence-electron chi connectivity index (χ2n) is 3.11. The molecule has 0 radical (unpaired) electrons. The molecule has 0 unspecified atom stereocenters. The zero-order valence-electron chi connectivity index (χ0n) is 7.04. The number of hydrogen-bond donors (Lipinski definition) is 0. The van der Waals surface area contributed by atoms with Crippen molar-refractivity contribution in [2.24, 2.45) is 0 Å². The van der Waals surface area contributed by atoms with Crippen LogP contribution in [0.15, 0.2) is 12.7 Å². The second kappa shape index (κ2) is 4.03. The number of carbonyl (C=O) groups is 2. The normalized spacial score (nSPS) is 10.7. The van der Waals surface area contributed by atoms with Crippen LogP contribution in [0.25, 0.3) is 0 Å². The van der Waals surface area contributed by atoms with Crippen LogP contribution in [-0.2, 0) is 9.59 Å². The van der Waals surface area contributed by atoms with Crippen LogP contribution in [0.1, 0.15) is 0 Å². The minimum Gasteiger partial charge on any atom is -0.316 e. The van der Waals surface area contributed by atoms with Crippen molar-refractivity contribution in [3.8, 4) is 0 Å². The average Bonchev–Trinajstić information content (AvgIpc) is 1.86. The third-order valence-corrected chi connectivity index (χ3v) is 1.38. The zero-order valence-corrected chi connectivity index (χ0v) is 7.04. The van der Waals surface area contributed by atoms with E-state index in [-0.39, 0.29) is 5.78 Å². The largest absolute Gasteiger partial charge is 0.316 e. The van der Waals surface area contributed by atoms with Crippen molar-refractivity contribution in [2.45, 2.75) is 0 Å². The summed E-state index contributed by atoms with van der Waals surface area (Å²) in [5.41, 5.74) is 0. The summed E-state index contributed by atoms with van der Waals surface area (Å²) < 4.78 is 0.397. The Morgan fingerprint density at radius 3 is 2.45 bits per heavy atom. The van der Waals surface area contributed by atoms with E-state index >= 15 is 0 Å². The number of likely N-dealkylation sites (N-methyl/N-ethyl adjacent to an activating group) is 1. The molecule has 3 nitrogen and oxygen atoms in total. The quantitative estimate of drug-likeness (QED) is 0.319.